The number of carbonyl (C=O) groups is 2. The summed E-state index contributed by atoms with van der Waals surface area (Å²) in [5.74, 6) is -1.46. The first-order valence-electron chi connectivity index (χ1n) is 4.76. The van der Waals surface area contributed by atoms with Crippen molar-refractivity contribution in [3.63, 3.8) is 0 Å². The van der Waals surface area contributed by atoms with E-state index in [2.05, 4.69) is 25.7 Å². The molecule has 0 N–H and O–H groups in total. The van der Waals surface area contributed by atoms with E-state index in [4.69, 9.17) is 0 Å². The van der Waals surface area contributed by atoms with Crippen LogP contribution in [0.5, 0.6) is 0 Å². The number of thiophene rings is 1. The van der Waals surface area contributed by atoms with Crippen LogP contribution in [-0.4, -0.2) is 16.9 Å². The highest BCUT2D eigenvalue weighted by Gasteiger charge is 2.19. The van der Waals surface area contributed by atoms with Gasteiger partial charge < -0.3 is 0 Å². The van der Waals surface area contributed by atoms with Crippen molar-refractivity contribution in [1.82, 2.24) is 0 Å². The molecule has 0 radical (unpaired) electrons. The summed E-state index contributed by atoms with van der Waals surface area (Å²) in [7, 11) is 0. The summed E-state index contributed by atoms with van der Waals surface area (Å²) < 4.78 is 0.297. The second-order valence-electron chi connectivity index (χ2n) is 3.06. The molecule has 0 unspecified atom stereocenters. The minimum atomic E-state index is -0.791. The van der Waals surface area contributed by atoms with Gasteiger partial charge in [0.15, 0.2) is 0 Å². The summed E-state index contributed by atoms with van der Waals surface area (Å²) in [4.78, 5) is 40.8. The summed E-state index contributed by atoms with van der Waals surface area (Å²) in [6, 6.07) is 1.45. The molecule has 1 heterocycles. The Kier molecular flexibility index (Phi) is 5.23. The van der Waals surface area contributed by atoms with E-state index >= 15 is 0 Å². The second kappa shape index (κ2) is 6.45. The zero-order chi connectivity index (χ0) is 13.7. The lowest BCUT2D eigenvalue weighted by molar-refractivity contribution is -0.380. The van der Waals surface area contributed by atoms with Crippen LogP contribution in [-0.2, 0) is 25.8 Å². The molecule has 7 nitrogen and oxygen atoms in total. The Balaban J connectivity index is 2.57. The predicted molar refractivity (Wildman–Crippen MR) is 64.9 cm³/mol. The molecule has 98 valence electrons. The Morgan fingerprint density at radius 1 is 1.44 bits per heavy atom. The molecule has 0 aliphatic carbocycles. The molecule has 9 heteroatoms. The van der Waals surface area contributed by atoms with Crippen LogP contribution in [0.25, 0.3) is 0 Å². The Hall–Kier alpha value is -1.48. The van der Waals surface area contributed by atoms with Crippen molar-refractivity contribution < 1.29 is 24.3 Å². The highest BCUT2D eigenvalue weighted by Crippen LogP contribution is 2.34. The lowest BCUT2D eigenvalue weighted by atomic mass is 10.3. The van der Waals surface area contributed by atoms with Gasteiger partial charge in [-0.25, -0.2) is 19.4 Å². The lowest BCUT2D eigenvalue weighted by Gasteiger charge is -1.99. The fourth-order valence-corrected chi connectivity index (χ4v) is 2.60. The van der Waals surface area contributed by atoms with Crippen LogP contribution < -0.4 is 0 Å². The topological polar surface area (TPSA) is 95.7 Å². The van der Waals surface area contributed by atoms with Gasteiger partial charge in [-0.1, -0.05) is 18.3 Å². The van der Waals surface area contributed by atoms with Crippen molar-refractivity contribution in [1.29, 1.82) is 0 Å². The molecule has 0 aliphatic rings. The zero-order valence-electron chi connectivity index (χ0n) is 9.17. The van der Waals surface area contributed by atoms with Gasteiger partial charge in [-0.2, -0.15) is 0 Å². The van der Waals surface area contributed by atoms with Gasteiger partial charge >= 0.3 is 16.9 Å². The van der Waals surface area contributed by atoms with Gasteiger partial charge in [0.1, 0.15) is 4.47 Å². The van der Waals surface area contributed by atoms with E-state index in [-0.39, 0.29) is 17.8 Å². The Morgan fingerprint density at radius 3 is 2.56 bits per heavy atom. The third-order valence-corrected chi connectivity index (χ3v) is 3.67. The summed E-state index contributed by atoms with van der Waals surface area (Å²) in [6.45, 7) is 1.55. The lowest BCUT2D eigenvalue weighted by Crippen LogP contribution is -2.11. The largest absolute Gasteiger partial charge is 0.360 e. The zero-order valence-corrected chi connectivity index (χ0v) is 11.6. The van der Waals surface area contributed by atoms with Gasteiger partial charge in [0.2, 0.25) is 0 Å². The number of hydrogen-bond acceptors (Lipinski definition) is 7. The minimum Gasteiger partial charge on any atom is -0.258 e. The second-order valence-corrected chi connectivity index (χ2v) is 5.03. The summed E-state index contributed by atoms with van der Waals surface area (Å²) >= 11 is 3.86. The summed E-state index contributed by atoms with van der Waals surface area (Å²) in [5, 5.41) is 10.5. The fourth-order valence-electron chi connectivity index (χ4n) is 0.941. The van der Waals surface area contributed by atoms with Crippen molar-refractivity contribution in [2.45, 2.75) is 19.8 Å². The van der Waals surface area contributed by atoms with Gasteiger partial charge in [0.05, 0.1) is 11.3 Å². The van der Waals surface area contributed by atoms with Crippen LogP contribution >= 0.6 is 27.3 Å². The summed E-state index contributed by atoms with van der Waals surface area (Å²) in [5.41, 5.74) is 0. The van der Waals surface area contributed by atoms with Crippen molar-refractivity contribution in [2.24, 2.45) is 0 Å². The molecule has 0 fully saturated rings. The fraction of sp³-hybridized carbons (Fsp3) is 0.333. The Morgan fingerprint density at radius 2 is 2.06 bits per heavy atom. The molecule has 0 aromatic carbocycles. The first-order valence-corrected chi connectivity index (χ1v) is 6.37. The van der Waals surface area contributed by atoms with E-state index in [1.54, 1.807) is 6.92 Å². The average molecular weight is 338 g/mol. The van der Waals surface area contributed by atoms with Crippen LogP contribution in [0.3, 0.4) is 0 Å². The van der Waals surface area contributed by atoms with E-state index in [0.717, 1.165) is 11.3 Å². The smallest absolute Gasteiger partial charge is 0.258 e. The predicted octanol–water partition coefficient (Wildman–Crippen LogP) is 2.37. The molecule has 0 atom stereocenters. The number of nitrogens with zero attached hydrogens (tertiary/aromatic N) is 1. The number of hydrogen-bond donors (Lipinski definition) is 0. The van der Waals surface area contributed by atoms with Crippen LogP contribution in [0, 0.1) is 10.1 Å². The van der Waals surface area contributed by atoms with Crippen LogP contribution in [0.2, 0.25) is 0 Å². The van der Waals surface area contributed by atoms with Crippen molar-refractivity contribution >= 4 is 44.2 Å². The maximum atomic E-state index is 11.2. The van der Waals surface area contributed by atoms with Crippen molar-refractivity contribution in [3.05, 3.63) is 25.5 Å². The molecule has 1 aromatic heterocycles. The molecule has 1 aromatic rings. The number of rotatable bonds is 4. The SMILES string of the molecule is CCC(=O)OOC(=O)Cc1cc(Br)c([N+](=O)[O-])s1. The molecule has 0 amide bonds. The molecule has 1 rings (SSSR count). The molecule has 18 heavy (non-hydrogen) atoms. The quantitative estimate of drug-likeness (QED) is 0.475. The Labute approximate surface area is 114 Å². The Bertz CT molecular complexity index is 485. The van der Waals surface area contributed by atoms with Gasteiger partial charge in [-0.05, 0) is 22.0 Å². The first-order chi connectivity index (χ1) is 8.43. The van der Waals surface area contributed by atoms with Crippen molar-refractivity contribution in [3.8, 4) is 0 Å². The molecule has 0 bridgehead atoms. The van der Waals surface area contributed by atoms with Crippen molar-refractivity contribution in [2.75, 3.05) is 0 Å². The monoisotopic (exact) mass is 337 g/mol. The molecular formula is C9H8BrNO6S. The number of nitro groups is 1. The van der Waals surface area contributed by atoms with E-state index in [1.807, 2.05) is 0 Å². The maximum Gasteiger partial charge on any atom is 0.360 e. The average Bonchev–Trinajstić information content (AvgIpc) is 2.67. The maximum absolute atomic E-state index is 11.2. The normalized spacial score (nSPS) is 9.89. The van der Waals surface area contributed by atoms with Gasteiger partial charge in [0.25, 0.3) is 0 Å². The molecule has 0 saturated heterocycles. The number of carbonyl (C=O) groups excluding carboxylic acids is 2. The van der Waals surface area contributed by atoms with Gasteiger partial charge in [-0.3, -0.25) is 10.1 Å². The van der Waals surface area contributed by atoms with E-state index < -0.39 is 16.9 Å². The first kappa shape index (κ1) is 14.6. The van der Waals surface area contributed by atoms with Gasteiger partial charge in [0, 0.05) is 11.3 Å². The molecule has 0 saturated carbocycles. The van der Waals surface area contributed by atoms with Gasteiger partial charge in [-0.15, -0.1) is 0 Å². The third kappa shape index (κ3) is 4.08. The molecular weight excluding hydrogens is 330 g/mol. The van der Waals surface area contributed by atoms with Crippen LogP contribution in [0.4, 0.5) is 5.00 Å². The third-order valence-electron chi connectivity index (χ3n) is 1.72. The minimum absolute atomic E-state index is 0.0866. The molecule has 0 spiro atoms. The van der Waals surface area contributed by atoms with Crippen LogP contribution in [0.1, 0.15) is 18.2 Å². The van der Waals surface area contributed by atoms with E-state index in [0.29, 0.717) is 9.35 Å². The summed E-state index contributed by atoms with van der Waals surface area (Å²) in [6.07, 6.45) is -0.114. The molecule has 0 aliphatic heterocycles. The van der Waals surface area contributed by atoms with E-state index in [9.17, 15) is 19.7 Å². The van der Waals surface area contributed by atoms with E-state index in [1.165, 1.54) is 6.07 Å². The highest BCUT2D eigenvalue weighted by molar-refractivity contribution is 9.10. The van der Waals surface area contributed by atoms with Crippen LogP contribution in [0.15, 0.2) is 10.5 Å². The highest BCUT2D eigenvalue weighted by atomic mass is 79.9. The standard InChI is InChI=1S/C9H8BrNO6S/c1-2-7(12)16-17-8(13)4-5-3-6(10)9(18-5)11(14)15/h3H,2,4H2,1H3. The number of halogens is 1.